The van der Waals surface area contributed by atoms with E-state index in [1.54, 1.807) is 48.5 Å². The first-order valence-electron chi connectivity index (χ1n) is 11.1. The number of nitrogens with one attached hydrogen (secondary N) is 1. The summed E-state index contributed by atoms with van der Waals surface area (Å²) in [6, 6.07) is 17.9. The monoisotopic (exact) mass is 539 g/mol. The van der Waals surface area contributed by atoms with E-state index < -0.39 is 26.7 Å². The van der Waals surface area contributed by atoms with Crippen molar-refractivity contribution in [3.63, 3.8) is 0 Å². The number of ether oxygens (including phenoxy) is 1. The fourth-order valence-electron chi connectivity index (χ4n) is 3.76. The molecule has 4 aromatic rings. The van der Waals surface area contributed by atoms with E-state index in [1.165, 1.54) is 25.1 Å². The van der Waals surface area contributed by atoms with E-state index in [0.717, 1.165) is 0 Å². The minimum atomic E-state index is -4.68. The molecule has 0 atom stereocenters. The Kier molecular flexibility index (Phi) is 7.44. The van der Waals surface area contributed by atoms with E-state index in [-0.39, 0.29) is 27.5 Å². The lowest BCUT2D eigenvalue weighted by molar-refractivity contribution is 0.102. The Morgan fingerprint density at radius 3 is 2.38 bits per heavy atom. The Bertz CT molecular complexity index is 1640. The van der Waals surface area contributed by atoms with Gasteiger partial charge in [0.15, 0.2) is 5.75 Å². The number of phenols is 1. The molecule has 4 rings (SSSR count). The molecule has 0 unspecified atom stereocenters. The lowest BCUT2D eigenvalue weighted by atomic mass is 10.0. The van der Waals surface area contributed by atoms with Gasteiger partial charge in [0, 0.05) is 11.1 Å². The van der Waals surface area contributed by atoms with Crippen LogP contribution in [0.25, 0.3) is 10.8 Å². The summed E-state index contributed by atoms with van der Waals surface area (Å²) in [5.41, 5.74) is 0.240. The molecule has 3 N–H and O–H groups in total. The Hall–Kier alpha value is -3.99. The van der Waals surface area contributed by atoms with Crippen LogP contribution in [0.3, 0.4) is 0 Å². The number of fused-ring (bicyclic) bond motifs is 1. The van der Waals surface area contributed by atoms with Crippen LogP contribution in [-0.4, -0.2) is 30.6 Å². The number of nitrogens with zero attached hydrogens (tertiary/aromatic N) is 2. The zero-order valence-corrected chi connectivity index (χ0v) is 21.3. The second kappa shape index (κ2) is 10.6. The highest BCUT2D eigenvalue weighted by Crippen LogP contribution is 2.42. The number of halogens is 1. The summed E-state index contributed by atoms with van der Waals surface area (Å²) < 4.78 is 39.1. The smallest absolute Gasteiger partial charge is 0.297 e. The molecule has 0 aliphatic carbocycles. The third-order valence-electron chi connectivity index (χ3n) is 5.45. The van der Waals surface area contributed by atoms with E-state index in [4.69, 9.17) is 16.3 Å². The number of azo groups is 1. The average molecular weight is 540 g/mol. The third kappa shape index (κ3) is 5.56. The number of aromatic hydroxyl groups is 1. The molecule has 4 aromatic carbocycles. The average Bonchev–Trinajstić information content (AvgIpc) is 2.85. The van der Waals surface area contributed by atoms with Gasteiger partial charge in [-0.25, -0.2) is 0 Å². The number of amides is 1. The van der Waals surface area contributed by atoms with Crippen LogP contribution in [0, 0.1) is 6.92 Å². The first-order valence-corrected chi connectivity index (χ1v) is 12.9. The van der Waals surface area contributed by atoms with Crippen molar-refractivity contribution in [3.05, 3.63) is 82.9 Å². The van der Waals surface area contributed by atoms with Gasteiger partial charge in [-0.3, -0.25) is 9.35 Å². The van der Waals surface area contributed by atoms with Gasteiger partial charge in [0.05, 0.1) is 17.2 Å². The summed E-state index contributed by atoms with van der Waals surface area (Å²) >= 11 is 6.17. The van der Waals surface area contributed by atoms with Gasteiger partial charge in [0.25, 0.3) is 16.0 Å². The van der Waals surface area contributed by atoms with Gasteiger partial charge in [-0.2, -0.15) is 8.42 Å². The molecule has 9 nitrogen and oxygen atoms in total. The number of rotatable bonds is 7. The first kappa shape index (κ1) is 26.1. The molecule has 0 heterocycles. The van der Waals surface area contributed by atoms with Gasteiger partial charge in [-0.15, -0.1) is 10.2 Å². The van der Waals surface area contributed by atoms with E-state index in [1.807, 2.05) is 6.92 Å². The molecule has 0 radical (unpaired) electrons. The van der Waals surface area contributed by atoms with Crippen molar-refractivity contribution in [3.8, 4) is 11.5 Å². The number of phenolic OH excluding ortho intramolecular Hbond substituents is 1. The second-order valence-electron chi connectivity index (χ2n) is 7.97. The summed E-state index contributed by atoms with van der Waals surface area (Å²) in [6.07, 6.45) is 0. The van der Waals surface area contributed by atoms with Crippen molar-refractivity contribution < 1.29 is 27.6 Å². The quantitative estimate of drug-likeness (QED) is 0.174. The highest BCUT2D eigenvalue weighted by molar-refractivity contribution is 7.86. The molecule has 0 spiro atoms. The van der Waals surface area contributed by atoms with Crippen LogP contribution >= 0.6 is 11.6 Å². The molecule has 1 amide bonds. The number of carbonyl (C=O) groups is 1. The molecule has 0 saturated carbocycles. The van der Waals surface area contributed by atoms with Gasteiger partial charge < -0.3 is 15.2 Å². The van der Waals surface area contributed by atoms with Crippen LogP contribution in [0.15, 0.2) is 81.9 Å². The van der Waals surface area contributed by atoms with Gasteiger partial charge >= 0.3 is 0 Å². The van der Waals surface area contributed by atoms with Crippen molar-refractivity contribution in [1.82, 2.24) is 0 Å². The molecule has 190 valence electrons. The number of anilines is 1. The Balaban J connectivity index is 1.80. The molecule has 0 bridgehead atoms. The fraction of sp³-hybridized carbons (Fsp3) is 0.115. The van der Waals surface area contributed by atoms with Gasteiger partial charge in [0.2, 0.25) is 0 Å². The normalized spacial score (nSPS) is 11.7. The first-order chi connectivity index (χ1) is 17.6. The maximum Gasteiger partial charge on any atom is 0.297 e. The van der Waals surface area contributed by atoms with Crippen molar-refractivity contribution in [2.24, 2.45) is 10.2 Å². The predicted octanol–water partition coefficient (Wildman–Crippen LogP) is 6.82. The van der Waals surface area contributed by atoms with Crippen LogP contribution in [-0.2, 0) is 10.1 Å². The summed E-state index contributed by atoms with van der Waals surface area (Å²) in [7, 11) is -4.68. The number of carbonyl (C=O) groups excluding carboxylic acids is 1. The number of hydrogen-bond donors (Lipinski definition) is 3. The zero-order chi connectivity index (χ0) is 26.7. The number of aryl methyl sites for hydroxylation is 1. The van der Waals surface area contributed by atoms with Crippen molar-refractivity contribution >= 4 is 55.5 Å². The molecule has 11 heteroatoms. The minimum Gasteiger partial charge on any atom is -0.505 e. The zero-order valence-electron chi connectivity index (χ0n) is 19.8. The summed E-state index contributed by atoms with van der Waals surface area (Å²) in [5, 5.41) is 22.8. The van der Waals surface area contributed by atoms with Crippen molar-refractivity contribution in [1.29, 1.82) is 0 Å². The maximum atomic E-state index is 13.1. The standard InChI is InChI=1S/C26H22ClN3O6S/c1-3-36-18-11-9-17(10-12-18)28-26(32)20-14-16-6-4-5-7-19(16)22(24(20)31)29-30-23-21(27)13-8-15(2)25(23)37(33,34)35/h4-14,31H,3H2,1-2H3,(H,28,32)(H,33,34,35). The fourth-order valence-corrected chi connectivity index (χ4v) is 4.88. The van der Waals surface area contributed by atoms with Gasteiger partial charge in [-0.05, 0) is 61.2 Å². The molecule has 37 heavy (non-hydrogen) atoms. The topological polar surface area (TPSA) is 138 Å². The molecular formula is C26H22ClN3O6S. The van der Waals surface area contributed by atoms with E-state index >= 15 is 0 Å². The highest BCUT2D eigenvalue weighted by atomic mass is 35.5. The Labute approximate surface area is 218 Å². The van der Waals surface area contributed by atoms with Gasteiger partial charge in [0.1, 0.15) is 22.0 Å². The van der Waals surface area contributed by atoms with Crippen molar-refractivity contribution in [2.45, 2.75) is 18.7 Å². The lowest BCUT2D eigenvalue weighted by Crippen LogP contribution is -2.12. The molecule has 0 aliphatic heterocycles. The van der Waals surface area contributed by atoms with Crippen LogP contribution in [0.2, 0.25) is 5.02 Å². The molecule has 0 saturated heterocycles. The summed E-state index contributed by atoms with van der Waals surface area (Å²) in [4.78, 5) is 12.6. The van der Waals surface area contributed by atoms with Crippen LogP contribution in [0.4, 0.5) is 17.1 Å². The number of hydrogen-bond acceptors (Lipinski definition) is 7. The Morgan fingerprint density at radius 1 is 1.03 bits per heavy atom. The number of benzene rings is 4. The summed E-state index contributed by atoms with van der Waals surface area (Å²) in [6.45, 7) is 3.84. The largest absolute Gasteiger partial charge is 0.505 e. The maximum absolute atomic E-state index is 13.1. The molecule has 0 aromatic heterocycles. The molecule has 0 fully saturated rings. The highest BCUT2D eigenvalue weighted by Gasteiger charge is 2.23. The molecule has 0 aliphatic rings. The Morgan fingerprint density at radius 2 is 1.70 bits per heavy atom. The van der Waals surface area contributed by atoms with E-state index in [2.05, 4.69) is 15.5 Å². The lowest BCUT2D eigenvalue weighted by Gasteiger charge is -2.12. The minimum absolute atomic E-state index is 0.0739. The van der Waals surface area contributed by atoms with Crippen LogP contribution in [0.5, 0.6) is 11.5 Å². The second-order valence-corrected chi connectivity index (χ2v) is 9.74. The van der Waals surface area contributed by atoms with E-state index in [0.29, 0.717) is 28.8 Å². The van der Waals surface area contributed by atoms with Crippen molar-refractivity contribution in [2.75, 3.05) is 11.9 Å². The molecular weight excluding hydrogens is 518 g/mol. The predicted molar refractivity (Wildman–Crippen MR) is 141 cm³/mol. The summed E-state index contributed by atoms with van der Waals surface area (Å²) in [5.74, 6) is -0.421. The third-order valence-corrected chi connectivity index (χ3v) is 6.79. The van der Waals surface area contributed by atoms with Crippen LogP contribution < -0.4 is 10.1 Å². The van der Waals surface area contributed by atoms with E-state index in [9.17, 15) is 22.9 Å². The SMILES string of the molecule is CCOc1ccc(NC(=O)c2cc3ccccc3c(N=Nc3c(Cl)ccc(C)c3S(=O)(=O)O)c2O)cc1. The van der Waals surface area contributed by atoms with Gasteiger partial charge in [-0.1, -0.05) is 41.9 Å². The van der Waals surface area contributed by atoms with Crippen LogP contribution in [0.1, 0.15) is 22.8 Å².